The van der Waals surface area contributed by atoms with Gasteiger partial charge in [0.1, 0.15) is 6.33 Å². The molecular formula is C23H18N4O. The van der Waals surface area contributed by atoms with E-state index in [1.54, 1.807) is 6.33 Å². The molecule has 0 radical (unpaired) electrons. The molecule has 2 aromatic heterocycles. The van der Waals surface area contributed by atoms with E-state index in [4.69, 9.17) is 4.98 Å². The van der Waals surface area contributed by atoms with E-state index in [0.717, 1.165) is 39.8 Å². The zero-order chi connectivity index (χ0) is 18.9. The molecule has 4 aromatic rings. The zero-order valence-electron chi connectivity index (χ0n) is 15.2. The lowest BCUT2D eigenvalue weighted by atomic mass is 10.0. The molecule has 1 aliphatic rings. The number of aromatic nitrogens is 3. The number of rotatable bonds is 2. The third kappa shape index (κ3) is 2.91. The Morgan fingerprint density at radius 2 is 1.82 bits per heavy atom. The van der Waals surface area contributed by atoms with Gasteiger partial charge in [-0.25, -0.2) is 15.0 Å². The number of benzene rings is 2. The first-order chi connectivity index (χ1) is 13.8. The summed E-state index contributed by atoms with van der Waals surface area (Å²) in [5, 5.41) is 0.876. The van der Waals surface area contributed by atoms with Gasteiger partial charge in [-0.1, -0.05) is 48.5 Å². The molecule has 28 heavy (non-hydrogen) atoms. The molecule has 0 aliphatic carbocycles. The lowest BCUT2D eigenvalue weighted by molar-refractivity contribution is 0.0733. The van der Waals surface area contributed by atoms with Gasteiger partial charge in [-0.2, -0.15) is 0 Å². The minimum Gasteiger partial charge on any atom is -0.332 e. The first kappa shape index (κ1) is 16.6. The van der Waals surface area contributed by atoms with E-state index < -0.39 is 0 Å². The van der Waals surface area contributed by atoms with Gasteiger partial charge in [0, 0.05) is 23.7 Å². The van der Waals surface area contributed by atoms with Crippen molar-refractivity contribution in [1.82, 2.24) is 19.9 Å². The number of amides is 1. The van der Waals surface area contributed by atoms with Crippen LogP contribution in [0.25, 0.3) is 22.2 Å². The number of hydrogen-bond donors (Lipinski definition) is 0. The molecule has 0 atom stereocenters. The Morgan fingerprint density at radius 3 is 2.71 bits per heavy atom. The van der Waals surface area contributed by atoms with Crippen molar-refractivity contribution in [3.05, 3.63) is 90.0 Å². The van der Waals surface area contributed by atoms with Crippen molar-refractivity contribution in [2.75, 3.05) is 6.54 Å². The molecular weight excluding hydrogens is 348 g/mol. The molecule has 5 heteroatoms. The van der Waals surface area contributed by atoms with Gasteiger partial charge in [0.05, 0.1) is 29.0 Å². The molecule has 0 saturated carbocycles. The summed E-state index contributed by atoms with van der Waals surface area (Å²) < 4.78 is 0. The van der Waals surface area contributed by atoms with Crippen LogP contribution in [0.2, 0.25) is 0 Å². The van der Waals surface area contributed by atoms with E-state index in [1.165, 1.54) is 0 Å². The highest BCUT2D eigenvalue weighted by Gasteiger charge is 2.24. The molecule has 1 amide bonds. The Balaban J connectivity index is 1.59. The van der Waals surface area contributed by atoms with Crippen LogP contribution in [0.4, 0.5) is 0 Å². The second-order valence-electron chi connectivity index (χ2n) is 6.91. The second kappa shape index (κ2) is 6.85. The molecule has 0 fully saturated rings. The summed E-state index contributed by atoms with van der Waals surface area (Å²) in [7, 11) is 0. The minimum atomic E-state index is 0.0139. The van der Waals surface area contributed by atoms with Crippen LogP contribution in [0.5, 0.6) is 0 Å². The topological polar surface area (TPSA) is 59.0 Å². The summed E-state index contributed by atoms with van der Waals surface area (Å²) in [5.74, 6) is 0.0139. The number of para-hydroxylation sites is 1. The van der Waals surface area contributed by atoms with E-state index >= 15 is 0 Å². The largest absolute Gasteiger partial charge is 0.332 e. The fraction of sp³-hybridized carbons (Fsp3) is 0.130. The predicted octanol–water partition coefficient (Wildman–Crippen LogP) is 3.89. The molecule has 3 heterocycles. The van der Waals surface area contributed by atoms with Gasteiger partial charge in [-0.15, -0.1) is 0 Å². The van der Waals surface area contributed by atoms with Crippen molar-refractivity contribution >= 4 is 16.8 Å². The van der Waals surface area contributed by atoms with E-state index in [0.29, 0.717) is 18.7 Å². The van der Waals surface area contributed by atoms with E-state index in [9.17, 15) is 4.79 Å². The van der Waals surface area contributed by atoms with E-state index in [2.05, 4.69) is 9.97 Å². The molecule has 0 bridgehead atoms. The van der Waals surface area contributed by atoms with Gasteiger partial charge < -0.3 is 4.90 Å². The normalized spacial score (nSPS) is 13.4. The van der Waals surface area contributed by atoms with Gasteiger partial charge in [0.25, 0.3) is 5.91 Å². The summed E-state index contributed by atoms with van der Waals surface area (Å²) in [4.78, 5) is 28.6. The minimum absolute atomic E-state index is 0.0139. The van der Waals surface area contributed by atoms with Crippen LogP contribution < -0.4 is 0 Å². The molecule has 0 unspecified atom stereocenters. The Hall–Kier alpha value is -3.60. The Bertz CT molecular complexity index is 1170. The third-order valence-corrected chi connectivity index (χ3v) is 5.18. The van der Waals surface area contributed by atoms with Crippen LogP contribution in [-0.4, -0.2) is 32.3 Å². The van der Waals surface area contributed by atoms with Crippen molar-refractivity contribution < 1.29 is 4.79 Å². The fourth-order valence-electron chi connectivity index (χ4n) is 3.70. The Morgan fingerprint density at radius 1 is 1.00 bits per heavy atom. The molecule has 0 spiro atoms. The van der Waals surface area contributed by atoms with E-state index in [1.807, 2.05) is 71.8 Å². The summed E-state index contributed by atoms with van der Waals surface area (Å²) in [5.41, 5.74) is 5.36. The average Bonchev–Trinajstić information content (AvgIpc) is 2.78. The maximum atomic E-state index is 13.5. The van der Waals surface area contributed by atoms with Gasteiger partial charge in [-0.3, -0.25) is 4.79 Å². The van der Waals surface area contributed by atoms with Crippen LogP contribution in [-0.2, 0) is 13.0 Å². The second-order valence-corrected chi connectivity index (χ2v) is 6.91. The number of nitrogens with zero attached hydrogens (tertiary/aromatic N) is 4. The molecule has 0 N–H and O–H groups in total. The van der Waals surface area contributed by atoms with Crippen molar-refractivity contribution in [1.29, 1.82) is 0 Å². The van der Waals surface area contributed by atoms with Crippen LogP contribution in [0, 0.1) is 0 Å². The van der Waals surface area contributed by atoms with Crippen molar-refractivity contribution in [3.63, 3.8) is 0 Å². The van der Waals surface area contributed by atoms with Gasteiger partial charge in [-0.05, 0) is 24.1 Å². The Kier molecular flexibility index (Phi) is 4.05. The third-order valence-electron chi connectivity index (χ3n) is 5.18. The molecule has 0 saturated heterocycles. The first-order valence-corrected chi connectivity index (χ1v) is 9.32. The predicted molar refractivity (Wildman–Crippen MR) is 108 cm³/mol. The SMILES string of the molecule is O=C(c1cc(-c2ccccc2)nc2ccccc12)N1CCc2cncnc2C1. The highest BCUT2D eigenvalue weighted by atomic mass is 16.2. The van der Waals surface area contributed by atoms with Crippen molar-refractivity contribution in [3.8, 4) is 11.3 Å². The fourth-order valence-corrected chi connectivity index (χ4v) is 3.70. The lowest BCUT2D eigenvalue weighted by Gasteiger charge is -2.28. The molecule has 2 aromatic carbocycles. The highest BCUT2D eigenvalue weighted by molar-refractivity contribution is 6.07. The zero-order valence-corrected chi connectivity index (χ0v) is 15.2. The maximum Gasteiger partial charge on any atom is 0.254 e. The van der Waals surface area contributed by atoms with Crippen molar-refractivity contribution in [2.45, 2.75) is 13.0 Å². The number of carbonyl (C=O) groups is 1. The monoisotopic (exact) mass is 366 g/mol. The van der Waals surface area contributed by atoms with Crippen LogP contribution in [0.3, 0.4) is 0 Å². The van der Waals surface area contributed by atoms with Crippen LogP contribution in [0.15, 0.2) is 73.2 Å². The number of pyridine rings is 1. The maximum absolute atomic E-state index is 13.5. The summed E-state index contributed by atoms with van der Waals surface area (Å²) in [6.45, 7) is 1.17. The van der Waals surface area contributed by atoms with Crippen LogP contribution >= 0.6 is 0 Å². The molecule has 1 aliphatic heterocycles. The molecule has 5 nitrogen and oxygen atoms in total. The highest BCUT2D eigenvalue weighted by Crippen LogP contribution is 2.27. The lowest BCUT2D eigenvalue weighted by Crippen LogP contribution is -2.36. The summed E-state index contributed by atoms with van der Waals surface area (Å²) in [6, 6.07) is 19.7. The number of carbonyl (C=O) groups excluding carboxylic acids is 1. The first-order valence-electron chi connectivity index (χ1n) is 9.32. The van der Waals surface area contributed by atoms with Gasteiger partial charge in [0.15, 0.2) is 0 Å². The van der Waals surface area contributed by atoms with Gasteiger partial charge in [0.2, 0.25) is 0 Å². The number of hydrogen-bond acceptors (Lipinski definition) is 4. The number of fused-ring (bicyclic) bond motifs is 2. The molecule has 136 valence electrons. The van der Waals surface area contributed by atoms with Crippen molar-refractivity contribution in [2.24, 2.45) is 0 Å². The Labute approximate surface area is 162 Å². The smallest absolute Gasteiger partial charge is 0.254 e. The standard InChI is InChI=1S/C23H18N4O/c28-23(27-11-10-17-13-24-15-25-22(17)14-27)19-12-21(16-6-2-1-3-7-16)26-20-9-5-4-8-18(19)20/h1-9,12-13,15H,10-11,14H2. The van der Waals surface area contributed by atoms with Gasteiger partial charge >= 0.3 is 0 Å². The summed E-state index contributed by atoms with van der Waals surface area (Å²) >= 11 is 0. The van der Waals surface area contributed by atoms with Crippen LogP contribution in [0.1, 0.15) is 21.6 Å². The quantitative estimate of drug-likeness (QED) is 0.540. The average molecular weight is 366 g/mol. The summed E-state index contributed by atoms with van der Waals surface area (Å²) in [6.07, 6.45) is 4.16. The van der Waals surface area contributed by atoms with E-state index in [-0.39, 0.29) is 5.91 Å². The molecule has 5 rings (SSSR count).